The van der Waals surface area contributed by atoms with Gasteiger partial charge in [-0.15, -0.1) is 0 Å². The van der Waals surface area contributed by atoms with Gasteiger partial charge in [0.25, 0.3) is 10.1 Å². The summed E-state index contributed by atoms with van der Waals surface area (Å²) in [4.78, 5) is 7.48. The molecule has 0 spiro atoms. The van der Waals surface area contributed by atoms with E-state index in [-0.39, 0.29) is 0 Å². The third-order valence-corrected chi connectivity index (χ3v) is 5.25. The topological polar surface area (TPSA) is 53.1 Å². The minimum Gasteiger partial charge on any atom is -0.301 e. The van der Waals surface area contributed by atoms with Gasteiger partial charge in [0.1, 0.15) is 0 Å². The van der Waals surface area contributed by atoms with E-state index < -0.39 is 10.1 Å². The summed E-state index contributed by atoms with van der Waals surface area (Å²) in [5.41, 5.74) is 0. The summed E-state index contributed by atoms with van der Waals surface area (Å²) >= 11 is 0. The average Bonchev–Trinajstić information content (AvgIpc) is 3.04. The molecular weight excluding hydrogens is 302 g/mol. The number of rotatable bonds is 9. The molecule has 0 amide bonds. The fourth-order valence-corrected chi connectivity index (χ4v) is 3.81. The van der Waals surface area contributed by atoms with Crippen molar-refractivity contribution in [1.82, 2.24) is 14.7 Å². The van der Waals surface area contributed by atoms with Crippen LogP contribution in [0.4, 0.5) is 0 Å². The summed E-state index contributed by atoms with van der Waals surface area (Å²) < 4.78 is 26.5. The van der Waals surface area contributed by atoms with E-state index in [1.54, 1.807) is 0 Å². The third kappa shape index (κ3) is 6.50. The van der Waals surface area contributed by atoms with Crippen molar-refractivity contribution < 1.29 is 12.6 Å². The van der Waals surface area contributed by atoms with E-state index in [1.165, 1.54) is 38.9 Å². The van der Waals surface area contributed by atoms with Crippen LogP contribution in [0.1, 0.15) is 32.6 Å². The van der Waals surface area contributed by atoms with E-state index in [0.717, 1.165) is 45.0 Å². The van der Waals surface area contributed by atoms with E-state index in [9.17, 15) is 8.42 Å². The van der Waals surface area contributed by atoms with Gasteiger partial charge in [0.2, 0.25) is 0 Å². The number of nitrogens with zero attached hydrogens (tertiary/aromatic N) is 3. The first kappa shape index (κ1) is 18.1. The molecule has 0 saturated carbocycles. The predicted octanol–water partition coefficient (Wildman–Crippen LogP) is 0.802. The molecular formula is C15H31N3O3S. The molecule has 130 valence electrons. The first-order chi connectivity index (χ1) is 10.4. The molecule has 2 aliphatic heterocycles. The van der Waals surface area contributed by atoms with E-state index in [4.69, 9.17) is 4.18 Å². The maximum absolute atomic E-state index is 10.9. The molecule has 2 aliphatic rings. The molecule has 6 nitrogen and oxygen atoms in total. The molecule has 0 aromatic heterocycles. The Hall–Kier alpha value is -0.210. The molecule has 2 saturated heterocycles. The molecule has 0 bridgehead atoms. The van der Waals surface area contributed by atoms with Gasteiger partial charge in [-0.2, -0.15) is 8.42 Å². The van der Waals surface area contributed by atoms with Crippen LogP contribution >= 0.6 is 0 Å². The molecule has 0 N–H and O–H groups in total. The van der Waals surface area contributed by atoms with Crippen LogP contribution in [0.15, 0.2) is 0 Å². The Morgan fingerprint density at radius 1 is 1.05 bits per heavy atom. The van der Waals surface area contributed by atoms with E-state index in [2.05, 4.69) is 21.6 Å². The van der Waals surface area contributed by atoms with Gasteiger partial charge in [-0.1, -0.05) is 0 Å². The summed E-state index contributed by atoms with van der Waals surface area (Å²) in [6.45, 7) is 10.4. The zero-order chi connectivity index (χ0) is 16.0. The fraction of sp³-hybridized carbons (Fsp3) is 1.00. The van der Waals surface area contributed by atoms with Gasteiger partial charge in [0, 0.05) is 32.2 Å². The molecule has 0 unspecified atom stereocenters. The average molecular weight is 333 g/mol. The molecule has 0 radical (unpaired) electrons. The highest BCUT2D eigenvalue weighted by Crippen LogP contribution is 2.16. The monoisotopic (exact) mass is 333 g/mol. The van der Waals surface area contributed by atoms with Gasteiger partial charge < -0.3 is 4.90 Å². The second kappa shape index (κ2) is 8.59. The van der Waals surface area contributed by atoms with Crippen LogP contribution < -0.4 is 0 Å². The second-order valence-electron chi connectivity index (χ2n) is 6.64. The van der Waals surface area contributed by atoms with Crippen LogP contribution in [0.2, 0.25) is 0 Å². The molecule has 0 aliphatic carbocycles. The van der Waals surface area contributed by atoms with Crippen LogP contribution in [-0.2, 0) is 14.3 Å². The van der Waals surface area contributed by atoms with Crippen LogP contribution in [0, 0.1) is 0 Å². The summed E-state index contributed by atoms with van der Waals surface area (Å²) in [6, 6.07) is 0.768. The van der Waals surface area contributed by atoms with Gasteiger partial charge >= 0.3 is 0 Å². The number of hydrogen-bond donors (Lipinski definition) is 0. The Labute approximate surface area is 135 Å². The highest BCUT2D eigenvalue weighted by Gasteiger charge is 2.22. The van der Waals surface area contributed by atoms with Crippen molar-refractivity contribution in [2.75, 3.05) is 58.8 Å². The first-order valence-electron chi connectivity index (χ1n) is 8.47. The van der Waals surface area contributed by atoms with Crippen molar-refractivity contribution in [3.63, 3.8) is 0 Å². The van der Waals surface area contributed by atoms with Gasteiger partial charge in [0.05, 0.1) is 19.5 Å². The van der Waals surface area contributed by atoms with Crippen molar-refractivity contribution in [1.29, 1.82) is 0 Å². The SMILES string of the molecule is C[C@@H]1CCCN1CCCN1CCN(CCCOS(C)(=O)=O)C1. The standard InChI is InChI=1S/C15H31N3O3S/c1-15-6-3-9-18(15)10-4-7-16-11-12-17(14-16)8-5-13-21-22(2,19)20/h15H,3-14H2,1-2H3/t15-/m1/s1. The van der Waals surface area contributed by atoms with Crippen LogP contribution in [0.25, 0.3) is 0 Å². The highest BCUT2D eigenvalue weighted by atomic mass is 32.2. The lowest BCUT2D eigenvalue weighted by molar-refractivity contribution is 0.208. The van der Waals surface area contributed by atoms with Crippen molar-refractivity contribution in [3.05, 3.63) is 0 Å². The van der Waals surface area contributed by atoms with E-state index in [0.29, 0.717) is 6.61 Å². The summed E-state index contributed by atoms with van der Waals surface area (Å²) in [5, 5.41) is 0. The minimum atomic E-state index is -3.29. The molecule has 0 aromatic carbocycles. The Morgan fingerprint density at radius 2 is 1.73 bits per heavy atom. The van der Waals surface area contributed by atoms with E-state index >= 15 is 0 Å². The van der Waals surface area contributed by atoms with Crippen LogP contribution in [0.5, 0.6) is 0 Å². The normalized spacial score (nSPS) is 25.3. The Balaban J connectivity index is 1.52. The smallest absolute Gasteiger partial charge is 0.264 e. The minimum absolute atomic E-state index is 0.294. The number of hydrogen-bond acceptors (Lipinski definition) is 6. The Kier molecular flexibility index (Phi) is 7.08. The van der Waals surface area contributed by atoms with Crippen molar-refractivity contribution >= 4 is 10.1 Å². The molecule has 2 rings (SSSR count). The van der Waals surface area contributed by atoms with Gasteiger partial charge in [-0.25, -0.2) is 0 Å². The van der Waals surface area contributed by atoms with Crippen LogP contribution in [0.3, 0.4) is 0 Å². The molecule has 2 heterocycles. The lowest BCUT2D eigenvalue weighted by Gasteiger charge is -2.23. The third-order valence-electron chi connectivity index (χ3n) is 4.66. The maximum Gasteiger partial charge on any atom is 0.264 e. The van der Waals surface area contributed by atoms with Crippen molar-refractivity contribution in [2.45, 2.75) is 38.6 Å². The summed E-state index contributed by atoms with van der Waals surface area (Å²) in [7, 11) is -3.29. The van der Waals surface area contributed by atoms with Gasteiger partial charge in [-0.05, 0) is 45.7 Å². The van der Waals surface area contributed by atoms with Crippen molar-refractivity contribution in [2.24, 2.45) is 0 Å². The quantitative estimate of drug-likeness (QED) is 0.460. The zero-order valence-corrected chi connectivity index (χ0v) is 14.9. The largest absolute Gasteiger partial charge is 0.301 e. The Morgan fingerprint density at radius 3 is 2.32 bits per heavy atom. The number of likely N-dealkylation sites (tertiary alicyclic amines) is 1. The summed E-state index contributed by atoms with van der Waals surface area (Å²) in [5.74, 6) is 0. The molecule has 1 atom stereocenters. The second-order valence-corrected chi connectivity index (χ2v) is 8.28. The first-order valence-corrected chi connectivity index (χ1v) is 10.3. The van der Waals surface area contributed by atoms with Gasteiger partial charge in [0.15, 0.2) is 0 Å². The Bertz CT molecular complexity index is 430. The zero-order valence-electron chi connectivity index (χ0n) is 14.0. The molecule has 7 heteroatoms. The fourth-order valence-electron chi connectivity index (χ4n) is 3.39. The highest BCUT2D eigenvalue weighted by molar-refractivity contribution is 7.85. The maximum atomic E-state index is 10.9. The lowest BCUT2D eigenvalue weighted by Crippen LogP contribution is -2.32. The van der Waals surface area contributed by atoms with E-state index in [1.807, 2.05) is 0 Å². The summed E-state index contributed by atoms with van der Waals surface area (Å²) in [6.07, 6.45) is 5.83. The predicted molar refractivity (Wildman–Crippen MR) is 88.3 cm³/mol. The molecule has 0 aromatic rings. The van der Waals surface area contributed by atoms with Crippen LogP contribution in [-0.4, -0.2) is 88.0 Å². The van der Waals surface area contributed by atoms with Gasteiger partial charge in [-0.3, -0.25) is 14.0 Å². The molecule has 22 heavy (non-hydrogen) atoms. The van der Waals surface area contributed by atoms with Crippen molar-refractivity contribution in [3.8, 4) is 0 Å². The molecule has 2 fully saturated rings. The lowest BCUT2D eigenvalue weighted by atomic mass is 10.2.